The van der Waals surface area contributed by atoms with Gasteiger partial charge in [0.2, 0.25) is 5.91 Å². The van der Waals surface area contributed by atoms with Crippen LogP contribution in [0.25, 0.3) is 0 Å². The minimum absolute atomic E-state index is 0.0445. The van der Waals surface area contributed by atoms with E-state index in [4.69, 9.17) is 11.6 Å². The second-order valence-electron chi connectivity index (χ2n) is 6.46. The average Bonchev–Trinajstić information content (AvgIpc) is 2.64. The minimum Gasteiger partial charge on any atom is -0.506 e. The normalized spacial score (nSPS) is 15.5. The second kappa shape index (κ2) is 8.28. The molecule has 0 aromatic heterocycles. The van der Waals surface area contributed by atoms with Gasteiger partial charge in [-0.05, 0) is 24.3 Å². The third-order valence-corrected chi connectivity index (χ3v) is 4.86. The van der Waals surface area contributed by atoms with E-state index in [-0.39, 0.29) is 17.3 Å². The number of benzene rings is 2. The van der Waals surface area contributed by atoms with Gasteiger partial charge in [0.05, 0.1) is 28.5 Å². The Morgan fingerprint density at radius 3 is 2.39 bits per heavy atom. The number of hydrogen-bond donors (Lipinski definition) is 2. The molecule has 0 radical (unpaired) electrons. The number of amides is 1. The van der Waals surface area contributed by atoms with E-state index in [2.05, 4.69) is 5.32 Å². The van der Waals surface area contributed by atoms with Crippen molar-refractivity contribution < 1.29 is 23.1 Å². The quantitative estimate of drug-likeness (QED) is 0.800. The van der Waals surface area contributed by atoms with Gasteiger partial charge in [-0.2, -0.15) is 13.2 Å². The number of halogens is 4. The number of carbonyl (C=O) groups excluding carboxylic acids is 1. The largest absolute Gasteiger partial charge is 0.506 e. The fraction of sp³-hybridized carbons (Fsp3) is 0.316. The summed E-state index contributed by atoms with van der Waals surface area (Å²) in [6.07, 6.45) is -4.61. The van der Waals surface area contributed by atoms with Crippen LogP contribution in [-0.4, -0.2) is 48.6 Å². The number of nitrogens with one attached hydrogen (secondary N) is 1. The van der Waals surface area contributed by atoms with E-state index in [0.717, 1.165) is 11.8 Å². The van der Waals surface area contributed by atoms with Crippen LogP contribution in [0, 0.1) is 0 Å². The first-order valence-corrected chi connectivity index (χ1v) is 9.04. The number of aromatic hydroxyl groups is 1. The van der Waals surface area contributed by atoms with Gasteiger partial charge in [-0.1, -0.05) is 29.8 Å². The van der Waals surface area contributed by atoms with Gasteiger partial charge < -0.3 is 15.3 Å². The van der Waals surface area contributed by atoms with Gasteiger partial charge in [-0.15, -0.1) is 0 Å². The van der Waals surface area contributed by atoms with Gasteiger partial charge in [0.1, 0.15) is 5.75 Å². The molecule has 2 N–H and O–H groups in total. The maximum absolute atomic E-state index is 13.1. The SMILES string of the molecule is O=C(CN1CCN(c2ccccc2O)CC1)Nc1c(Cl)cccc1C(F)(F)F. The first-order chi connectivity index (χ1) is 13.3. The Morgan fingerprint density at radius 1 is 1.07 bits per heavy atom. The molecule has 1 saturated heterocycles. The van der Waals surface area contributed by atoms with Gasteiger partial charge in [0.15, 0.2) is 0 Å². The van der Waals surface area contributed by atoms with Crippen LogP contribution < -0.4 is 10.2 Å². The molecule has 2 aromatic rings. The minimum atomic E-state index is -4.61. The number of phenolic OH excluding ortho intramolecular Hbond substituents is 1. The van der Waals surface area contributed by atoms with Crippen molar-refractivity contribution in [2.45, 2.75) is 6.18 Å². The number of piperazine rings is 1. The first kappa shape index (κ1) is 20.3. The maximum atomic E-state index is 13.1. The van der Waals surface area contributed by atoms with Crippen LogP contribution in [0.2, 0.25) is 5.02 Å². The lowest BCUT2D eigenvalue weighted by molar-refractivity contribution is -0.137. The molecule has 0 atom stereocenters. The number of para-hydroxylation sites is 3. The smallest absolute Gasteiger partial charge is 0.418 e. The standard InChI is InChI=1S/C19H19ClF3N3O2/c20-14-5-3-4-13(19(21,22)23)18(14)24-17(28)12-25-8-10-26(11-9-25)15-6-1-2-7-16(15)27/h1-7,27H,8-12H2,(H,24,28). The monoisotopic (exact) mass is 413 g/mol. The Morgan fingerprint density at radius 2 is 1.75 bits per heavy atom. The molecule has 1 aliphatic rings. The molecular formula is C19H19ClF3N3O2. The van der Waals surface area contributed by atoms with Crippen LogP contribution in [0.15, 0.2) is 42.5 Å². The summed E-state index contributed by atoms with van der Waals surface area (Å²) < 4.78 is 39.4. The highest BCUT2D eigenvalue weighted by molar-refractivity contribution is 6.34. The molecular weight excluding hydrogens is 395 g/mol. The van der Waals surface area contributed by atoms with E-state index in [1.807, 2.05) is 21.9 Å². The average molecular weight is 414 g/mol. The molecule has 9 heteroatoms. The second-order valence-corrected chi connectivity index (χ2v) is 6.87. The summed E-state index contributed by atoms with van der Waals surface area (Å²) in [6, 6.07) is 10.4. The first-order valence-electron chi connectivity index (χ1n) is 8.66. The van der Waals surface area contributed by atoms with E-state index < -0.39 is 23.3 Å². The molecule has 2 aromatic carbocycles. The summed E-state index contributed by atoms with van der Waals surface area (Å²) in [7, 11) is 0. The molecule has 28 heavy (non-hydrogen) atoms. The predicted molar refractivity (Wildman–Crippen MR) is 102 cm³/mol. The number of nitrogens with zero attached hydrogens (tertiary/aromatic N) is 2. The summed E-state index contributed by atoms with van der Waals surface area (Å²) in [5.41, 5.74) is -0.676. The van der Waals surface area contributed by atoms with Crippen molar-refractivity contribution >= 4 is 28.9 Å². The van der Waals surface area contributed by atoms with E-state index in [9.17, 15) is 23.1 Å². The van der Waals surface area contributed by atoms with E-state index in [1.165, 1.54) is 12.1 Å². The molecule has 0 aliphatic carbocycles. The number of phenols is 1. The Hall–Kier alpha value is -2.45. The number of alkyl halides is 3. The predicted octanol–water partition coefficient (Wildman–Crippen LogP) is 3.83. The van der Waals surface area contributed by atoms with Crippen LogP contribution in [0.1, 0.15) is 5.56 Å². The Labute approximate surface area is 165 Å². The summed E-state index contributed by atoms with van der Waals surface area (Å²) in [5, 5.41) is 12.1. The van der Waals surface area contributed by atoms with Gasteiger partial charge in [0.25, 0.3) is 0 Å². The van der Waals surface area contributed by atoms with Gasteiger partial charge in [-0.25, -0.2) is 0 Å². The van der Waals surface area contributed by atoms with Gasteiger partial charge in [0, 0.05) is 26.2 Å². The van der Waals surface area contributed by atoms with Crippen molar-refractivity contribution in [1.82, 2.24) is 4.90 Å². The van der Waals surface area contributed by atoms with Crippen LogP contribution in [0.5, 0.6) is 5.75 Å². The van der Waals surface area contributed by atoms with Gasteiger partial charge in [-0.3, -0.25) is 9.69 Å². The molecule has 1 aliphatic heterocycles. The Kier molecular flexibility index (Phi) is 6.00. The third-order valence-electron chi connectivity index (χ3n) is 4.55. The van der Waals surface area contributed by atoms with Crippen LogP contribution in [-0.2, 0) is 11.0 Å². The lowest BCUT2D eigenvalue weighted by Gasteiger charge is -2.36. The number of anilines is 2. The van der Waals surface area contributed by atoms with Crippen molar-refractivity contribution in [3.63, 3.8) is 0 Å². The number of rotatable bonds is 4. The molecule has 1 amide bonds. The molecule has 0 saturated carbocycles. The van der Waals surface area contributed by atoms with Crippen molar-refractivity contribution in [3.05, 3.63) is 53.1 Å². The zero-order valence-corrected chi connectivity index (χ0v) is 15.6. The third kappa shape index (κ3) is 4.69. The van der Waals surface area contributed by atoms with E-state index in [1.54, 1.807) is 12.1 Å². The molecule has 1 fully saturated rings. The van der Waals surface area contributed by atoms with Crippen LogP contribution in [0.4, 0.5) is 24.5 Å². The molecule has 0 bridgehead atoms. The van der Waals surface area contributed by atoms with E-state index in [0.29, 0.717) is 26.2 Å². The Bertz CT molecular complexity index is 853. The topological polar surface area (TPSA) is 55.8 Å². The fourth-order valence-corrected chi connectivity index (χ4v) is 3.37. The number of carbonyl (C=O) groups is 1. The van der Waals surface area contributed by atoms with Crippen LogP contribution >= 0.6 is 11.6 Å². The van der Waals surface area contributed by atoms with E-state index >= 15 is 0 Å². The highest BCUT2D eigenvalue weighted by Gasteiger charge is 2.35. The zero-order chi connectivity index (χ0) is 20.3. The molecule has 3 rings (SSSR count). The van der Waals surface area contributed by atoms with Gasteiger partial charge >= 0.3 is 6.18 Å². The highest BCUT2D eigenvalue weighted by Crippen LogP contribution is 2.38. The summed E-state index contributed by atoms with van der Waals surface area (Å²) in [6.45, 7) is 2.21. The van der Waals surface area contributed by atoms with Crippen molar-refractivity contribution in [2.75, 3.05) is 42.9 Å². The summed E-state index contributed by atoms with van der Waals surface area (Å²) in [4.78, 5) is 16.1. The maximum Gasteiger partial charge on any atom is 0.418 e. The molecule has 0 unspecified atom stereocenters. The lowest BCUT2D eigenvalue weighted by atomic mass is 10.1. The lowest BCUT2D eigenvalue weighted by Crippen LogP contribution is -2.48. The highest BCUT2D eigenvalue weighted by atomic mass is 35.5. The van der Waals surface area contributed by atoms with Crippen molar-refractivity contribution in [2.24, 2.45) is 0 Å². The summed E-state index contributed by atoms with van der Waals surface area (Å²) in [5.74, 6) is -0.373. The molecule has 5 nitrogen and oxygen atoms in total. The number of hydrogen-bond acceptors (Lipinski definition) is 4. The van der Waals surface area contributed by atoms with Crippen molar-refractivity contribution in [1.29, 1.82) is 0 Å². The zero-order valence-electron chi connectivity index (χ0n) is 14.8. The molecule has 0 spiro atoms. The summed E-state index contributed by atoms with van der Waals surface area (Å²) >= 11 is 5.87. The van der Waals surface area contributed by atoms with Crippen LogP contribution in [0.3, 0.4) is 0 Å². The Balaban J connectivity index is 1.60. The fourth-order valence-electron chi connectivity index (χ4n) is 3.15. The van der Waals surface area contributed by atoms with Crippen molar-refractivity contribution in [3.8, 4) is 5.75 Å². The molecule has 150 valence electrons. The molecule has 1 heterocycles.